The van der Waals surface area contributed by atoms with E-state index >= 15 is 0 Å². The van der Waals surface area contributed by atoms with Crippen molar-refractivity contribution in [1.29, 1.82) is 0 Å². The fourth-order valence-electron chi connectivity index (χ4n) is 2.98. The number of hydrogen-bond donors (Lipinski definition) is 1. The fraction of sp³-hybridized carbons (Fsp3) is 0.150. The van der Waals surface area contributed by atoms with Crippen LogP contribution in [0.2, 0.25) is 5.02 Å². The van der Waals surface area contributed by atoms with E-state index in [1.54, 1.807) is 24.7 Å². The van der Waals surface area contributed by atoms with E-state index in [0.717, 1.165) is 33.3 Å². The Morgan fingerprint density at radius 3 is 2.88 bits per heavy atom. The highest BCUT2D eigenvalue weighted by Gasteiger charge is 2.12. The Labute approximate surface area is 155 Å². The maximum absolute atomic E-state index is 14.3. The SMILES string of the molecule is Cc1cnc2[nH]cc(Cc3cc(Cc4ccncc4Cl)[c]nc3F)c2c1. The van der Waals surface area contributed by atoms with Gasteiger partial charge in [-0.2, -0.15) is 4.39 Å². The number of aromatic amines is 1. The van der Waals surface area contributed by atoms with E-state index in [2.05, 4.69) is 26.1 Å². The lowest BCUT2D eigenvalue weighted by molar-refractivity contribution is 0.568. The molecule has 0 saturated heterocycles. The molecule has 4 rings (SSSR count). The number of aromatic nitrogens is 4. The largest absolute Gasteiger partial charge is 0.346 e. The van der Waals surface area contributed by atoms with E-state index in [-0.39, 0.29) is 0 Å². The Bertz CT molecular complexity index is 1090. The average Bonchev–Trinajstić information content (AvgIpc) is 3.02. The molecule has 0 aromatic carbocycles. The Morgan fingerprint density at radius 2 is 2.04 bits per heavy atom. The molecule has 0 aliphatic carbocycles. The number of H-pyrrole nitrogens is 1. The summed E-state index contributed by atoms with van der Waals surface area (Å²) < 4.78 is 14.3. The van der Waals surface area contributed by atoms with Crippen molar-refractivity contribution in [2.45, 2.75) is 19.8 Å². The first kappa shape index (κ1) is 16.7. The van der Waals surface area contributed by atoms with E-state index in [9.17, 15) is 4.39 Å². The summed E-state index contributed by atoms with van der Waals surface area (Å²) in [6.07, 6.45) is 10.7. The van der Waals surface area contributed by atoms with Crippen molar-refractivity contribution < 1.29 is 4.39 Å². The summed E-state index contributed by atoms with van der Waals surface area (Å²) in [6.45, 7) is 1.99. The molecule has 0 saturated carbocycles. The van der Waals surface area contributed by atoms with Crippen molar-refractivity contribution in [3.8, 4) is 0 Å². The molecule has 6 heteroatoms. The molecule has 1 N–H and O–H groups in total. The van der Waals surface area contributed by atoms with Gasteiger partial charge in [-0.25, -0.2) is 9.97 Å². The zero-order valence-corrected chi connectivity index (χ0v) is 14.8. The maximum Gasteiger partial charge on any atom is 0.217 e. The van der Waals surface area contributed by atoms with Crippen LogP contribution in [-0.2, 0) is 12.8 Å². The third-order valence-electron chi connectivity index (χ3n) is 4.28. The highest BCUT2D eigenvalue weighted by atomic mass is 35.5. The number of pyridine rings is 3. The van der Waals surface area contributed by atoms with Gasteiger partial charge < -0.3 is 4.98 Å². The molecule has 4 aromatic heterocycles. The highest BCUT2D eigenvalue weighted by molar-refractivity contribution is 6.31. The Kier molecular flexibility index (Phi) is 4.39. The normalized spacial score (nSPS) is 11.2. The molecule has 0 unspecified atom stereocenters. The molecule has 0 bridgehead atoms. The van der Waals surface area contributed by atoms with Crippen LogP contribution in [0.4, 0.5) is 4.39 Å². The molecule has 129 valence electrons. The summed E-state index contributed by atoms with van der Waals surface area (Å²) >= 11 is 6.16. The second kappa shape index (κ2) is 6.84. The molecule has 0 spiro atoms. The second-order valence-corrected chi connectivity index (χ2v) is 6.66. The van der Waals surface area contributed by atoms with Gasteiger partial charge in [-0.3, -0.25) is 4.98 Å². The summed E-state index contributed by atoms with van der Waals surface area (Å²) in [5.74, 6) is -0.510. The molecule has 4 nitrogen and oxygen atoms in total. The first-order valence-corrected chi connectivity index (χ1v) is 8.55. The smallest absolute Gasteiger partial charge is 0.217 e. The van der Waals surface area contributed by atoms with Gasteiger partial charge in [-0.1, -0.05) is 11.6 Å². The van der Waals surface area contributed by atoms with E-state index < -0.39 is 5.95 Å². The second-order valence-electron chi connectivity index (χ2n) is 6.25. The zero-order chi connectivity index (χ0) is 18.1. The third-order valence-corrected chi connectivity index (χ3v) is 4.62. The fourth-order valence-corrected chi connectivity index (χ4v) is 3.16. The molecule has 0 amide bonds. The van der Waals surface area contributed by atoms with Gasteiger partial charge in [0.1, 0.15) is 5.65 Å². The van der Waals surface area contributed by atoms with Crippen molar-refractivity contribution in [3.63, 3.8) is 0 Å². The van der Waals surface area contributed by atoms with Gasteiger partial charge in [0.05, 0.1) is 11.2 Å². The topological polar surface area (TPSA) is 54.5 Å². The average molecular weight is 366 g/mol. The molecule has 0 atom stereocenters. The number of nitrogens with zero attached hydrogens (tertiary/aromatic N) is 3. The third kappa shape index (κ3) is 3.30. The maximum atomic E-state index is 14.3. The van der Waals surface area contributed by atoms with Crippen LogP contribution in [0.25, 0.3) is 11.0 Å². The lowest BCUT2D eigenvalue weighted by Crippen LogP contribution is -2.00. The number of hydrogen-bond acceptors (Lipinski definition) is 3. The van der Waals surface area contributed by atoms with Gasteiger partial charge in [0.25, 0.3) is 0 Å². The Hall–Kier alpha value is -2.79. The minimum absolute atomic E-state index is 0.426. The molecule has 0 aliphatic rings. The van der Waals surface area contributed by atoms with Gasteiger partial charge >= 0.3 is 0 Å². The number of halogens is 2. The molecule has 0 aliphatic heterocycles. The van der Waals surface area contributed by atoms with E-state index in [1.165, 1.54) is 0 Å². The van der Waals surface area contributed by atoms with Crippen molar-refractivity contribution in [2.24, 2.45) is 0 Å². The van der Waals surface area contributed by atoms with Gasteiger partial charge in [-0.05, 0) is 47.4 Å². The minimum Gasteiger partial charge on any atom is -0.346 e. The van der Waals surface area contributed by atoms with E-state index in [1.807, 2.05) is 25.3 Å². The van der Waals surface area contributed by atoms with Crippen molar-refractivity contribution >= 4 is 22.6 Å². The minimum atomic E-state index is -0.510. The molecule has 1 radical (unpaired) electrons. The Balaban J connectivity index is 1.66. The molecular formula is C20H15ClFN4. The number of fused-ring (bicyclic) bond motifs is 1. The Morgan fingerprint density at radius 1 is 1.15 bits per heavy atom. The van der Waals surface area contributed by atoms with Gasteiger partial charge in [-0.15, -0.1) is 0 Å². The number of nitrogens with one attached hydrogen (secondary N) is 1. The zero-order valence-electron chi connectivity index (χ0n) is 14.1. The monoisotopic (exact) mass is 365 g/mol. The van der Waals surface area contributed by atoms with Crippen LogP contribution >= 0.6 is 11.6 Å². The molecule has 4 aromatic rings. The number of rotatable bonds is 4. The van der Waals surface area contributed by atoms with Crippen LogP contribution in [0.15, 0.2) is 43.0 Å². The van der Waals surface area contributed by atoms with Gasteiger partial charge in [0.2, 0.25) is 5.95 Å². The van der Waals surface area contributed by atoms with Crippen LogP contribution in [0.3, 0.4) is 0 Å². The lowest BCUT2D eigenvalue weighted by Gasteiger charge is -2.07. The molecule has 26 heavy (non-hydrogen) atoms. The number of aryl methyl sites for hydroxylation is 1. The molecule has 4 heterocycles. The lowest BCUT2D eigenvalue weighted by atomic mass is 10.0. The molecular weight excluding hydrogens is 351 g/mol. The van der Waals surface area contributed by atoms with Gasteiger partial charge in [0.15, 0.2) is 0 Å². The van der Waals surface area contributed by atoms with E-state index in [0.29, 0.717) is 23.4 Å². The van der Waals surface area contributed by atoms with E-state index in [4.69, 9.17) is 11.6 Å². The summed E-state index contributed by atoms with van der Waals surface area (Å²) in [5.41, 5.74) is 5.05. The predicted octanol–water partition coefficient (Wildman–Crippen LogP) is 4.44. The van der Waals surface area contributed by atoms with Crippen LogP contribution in [0, 0.1) is 19.1 Å². The van der Waals surface area contributed by atoms with Crippen LogP contribution in [0.5, 0.6) is 0 Å². The van der Waals surface area contributed by atoms with Gasteiger partial charge in [0, 0.05) is 48.6 Å². The van der Waals surface area contributed by atoms with Crippen LogP contribution < -0.4 is 0 Å². The highest BCUT2D eigenvalue weighted by Crippen LogP contribution is 2.23. The first-order chi connectivity index (χ1) is 12.6. The summed E-state index contributed by atoms with van der Waals surface area (Å²) in [5, 5.41) is 1.57. The van der Waals surface area contributed by atoms with Crippen molar-refractivity contribution in [3.05, 3.63) is 88.0 Å². The summed E-state index contributed by atoms with van der Waals surface area (Å²) in [6, 6.07) is 5.68. The summed E-state index contributed by atoms with van der Waals surface area (Å²) in [7, 11) is 0. The predicted molar refractivity (Wildman–Crippen MR) is 98.7 cm³/mol. The van der Waals surface area contributed by atoms with Crippen LogP contribution in [-0.4, -0.2) is 19.9 Å². The van der Waals surface area contributed by atoms with Crippen LogP contribution in [0.1, 0.15) is 27.8 Å². The standard InChI is InChI=1S/C20H15ClFN4/c1-12-4-17-16(10-26-20(17)25-8-12)7-15-6-13(9-24-19(15)22)5-14-2-3-23-11-18(14)21/h2-4,6,8,10-11H,5,7H2,1H3,(H,25,26). The molecule has 0 fully saturated rings. The summed E-state index contributed by atoms with van der Waals surface area (Å²) in [4.78, 5) is 15.3. The quantitative estimate of drug-likeness (QED) is 0.544. The van der Waals surface area contributed by atoms with Crippen molar-refractivity contribution in [1.82, 2.24) is 19.9 Å². The van der Waals surface area contributed by atoms with Crippen molar-refractivity contribution in [2.75, 3.05) is 0 Å². The first-order valence-electron chi connectivity index (χ1n) is 8.17.